The summed E-state index contributed by atoms with van der Waals surface area (Å²) in [6, 6.07) is 4.98. The summed E-state index contributed by atoms with van der Waals surface area (Å²) in [4.78, 5) is 22.9. The number of benzene rings is 1. The number of halogens is 1. The first kappa shape index (κ1) is 19.6. The Hall–Kier alpha value is -1.44. The molecular formula is C13H19ClN2O4S. The number of hydrogen-bond donors (Lipinski definition) is 2. The van der Waals surface area contributed by atoms with Crippen LogP contribution in [-0.2, 0) is 14.8 Å². The molecule has 1 aromatic rings. The van der Waals surface area contributed by atoms with Crippen LogP contribution >= 0.6 is 12.4 Å². The molecular weight excluding hydrogens is 316 g/mol. The van der Waals surface area contributed by atoms with E-state index < -0.39 is 22.0 Å². The minimum atomic E-state index is -3.97. The molecule has 8 heteroatoms. The standard InChI is InChI=1S/C13H18N2O4S.ClH/c1-4-12(14-3)13(17)15-20(18,19)11-7-5-6-10(8-11)9(2)16;/h5-8,12,14H,4H2,1-3H3,(H,15,17);1H. The summed E-state index contributed by atoms with van der Waals surface area (Å²) in [5.41, 5.74) is 0.279. The summed E-state index contributed by atoms with van der Waals surface area (Å²) in [5.74, 6) is -0.863. The molecule has 0 radical (unpaired) electrons. The molecule has 0 aliphatic rings. The molecule has 1 atom stereocenters. The van der Waals surface area contributed by atoms with Crippen LogP contribution in [0.5, 0.6) is 0 Å². The predicted octanol–water partition coefficient (Wildman–Crippen LogP) is 1.11. The first-order valence-corrected chi connectivity index (χ1v) is 7.65. The van der Waals surface area contributed by atoms with Gasteiger partial charge in [0.1, 0.15) is 0 Å². The highest BCUT2D eigenvalue weighted by atomic mass is 35.5. The quantitative estimate of drug-likeness (QED) is 0.760. The fourth-order valence-corrected chi connectivity index (χ4v) is 2.73. The molecule has 118 valence electrons. The minimum Gasteiger partial charge on any atom is -0.309 e. The van der Waals surface area contributed by atoms with Crippen LogP contribution in [0.2, 0.25) is 0 Å². The largest absolute Gasteiger partial charge is 0.309 e. The van der Waals surface area contributed by atoms with Crippen molar-refractivity contribution in [1.29, 1.82) is 0 Å². The molecule has 0 heterocycles. The Bertz CT molecular complexity index is 612. The molecule has 0 aromatic heterocycles. The van der Waals surface area contributed by atoms with Crippen molar-refractivity contribution in [2.75, 3.05) is 7.05 Å². The van der Waals surface area contributed by atoms with E-state index in [-0.39, 0.29) is 28.6 Å². The van der Waals surface area contributed by atoms with Crippen molar-refractivity contribution in [2.45, 2.75) is 31.2 Å². The number of amides is 1. The highest BCUT2D eigenvalue weighted by Gasteiger charge is 2.22. The maximum atomic E-state index is 12.1. The number of likely N-dealkylation sites (N-methyl/N-ethyl adjacent to an activating group) is 1. The van der Waals surface area contributed by atoms with Gasteiger partial charge in [0.05, 0.1) is 10.9 Å². The lowest BCUT2D eigenvalue weighted by Gasteiger charge is -2.14. The van der Waals surface area contributed by atoms with Crippen molar-refractivity contribution < 1.29 is 18.0 Å². The molecule has 21 heavy (non-hydrogen) atoms. The Morgan fingerprint density at radius 1 is 1.29 bits per heavy atom. The Balaban J connectivity index is 0.00000400. The Labute approximate surface area is 130 Å². The molecule has 0 aliphatic carbocycles. The van der Waals surface area contributed by atoms with Crippen LogP contribution in [0.4, 0.5) is 0 Å². The van der Waals surface area contributed by atoms with Crippen LogP contribution in [-0.4, -0.2) is 33.2 Å². The number of rotatable bonds is 6. The van der Waals surface area contributed by atoms with Crippen LogP contribution in [0.3, 0.4) is 0 Å². The van der Waals surface area contributed by atoms with Crippen molar-refractivity contribution in [3.05, 3.63) is 29.8 Å². The summed E-state index contributed by atoms with van der Waals surface area (Å²) < 4.78 is 26.2. The van der Waals surface area contributed by atoms with Gasteiger partial charge in [0.2, 0.25) is 0 Å². The number of carbonyl (C=O) groups excluding carboxylic acids is 2. The van der Waals surface area contributed by atoms with E-state index in [2.05, 4.69) is 5.32 Å². The molecule has 0 saturated carbocycles. The van der Waals surface area contributed by atoms with E-state index in [4.69, 9.17) is 0 Å². The molecule has 0 spiro atoms. The zero-order valence-corrected chi connectivity index (χ0v) is 13.7. The molecule has 6 nitrogen and oxygen atoms in total. The Morgan fingerprint density at radius 3 is 2.38 bits per heavy atom. The van der Waals surface area contributed by atoms with E-state index in [0.29, 0.717) is 6.42 Å². The second kappa shape index (κ2) is 8.11. The van der Waals surface area contributed by atoms with Crippen LogP contribution in [0.1, 0.15) is 30.6 Å². The van der Waals surface area contributed by atoms with Crippen molar-refractivity contribution in [2.24, 2.45) is 0 Å². The van der Waals surface area contributed by atoms with Crippen LogP contribution in [0.15, 0.2) is 29.2 Å². The van der Waals surface area contributed by atoms with Gasteiger partial charge in [0.15, 0.2) is 5.78 Å². The van der Waals surface area contributed by atoms with Crippen molar-refractivity contribution >= 4 is 34.1 Å². The summed E-state index contributed by atoms with van der Waals surface area (Å²) >= 11 is 0. The molecule has 1 rings (SSSR count). The fourth-order valence-electron chi connectivity index (χ4n) is 1.67. The second-order valence-corrected chi connectivity index (χ2v) is 5.99. The van der Waals surface area contributed by atoms with Gasteiger partial charge in [-0.3, -0.25) is 9.59 Å². The van der Waals surface area contributed by atoms with E-state index in [0.717, 1.165) is 0 Å². The zero-order chi connectivity index (χ0) is 15.3. The average molecular weight is 335 g/mol. The third-order valence-corrected chi connectivity index (χ3v) is 4.20. The number of carbonyl (C=O) groups is 2. The van der Waals surface area contributed by atoms with E-state index >= 15 is 0 Å². The second-order valence-electron chi connectivity index (χ2n) is 4.30. The third kappa shape index (κ3) is 5.11. The van der Waals surface area contributed by atoms with Gasteiger partial charge < -0.3 is 5.32 Å². The predicted molar refractivity (Wildman–Crippen MR) is 82.2 cm³/mol. The van der Waals surface area contributed by atoms with Gasteiger partial charge in [0.25, 0.3) is 15.9 Å². The number of ketones is 1. The first-order valence-electron chi connectivity index (χ1n) is 6.16. The number of hydrogen-bond acceptors (Lipinski definition) is 5. The first-order chi connectivity index (χ1) is 9.31. The maximum absolute atomic E-state index is 12.1. The summed E-state index contributed by atoms with van der Waals surface area (Å²) in [6.07, 6.45) is 0.464. The van der Waals surface area contributed by atoms with Gasteiger partial charge in [-0.25, -0.2) is 13.1 Å². The average Bonchev–Trinajstić information content (AvgIpc) is 2.39. The Morgan fingerprint density at radius 2 is 1.90 bits per heavy atom. The van der Waals surface area contributed by atoms with E-state index in [1.165, 1.54) is 31.2 Å². The van der Waals surface area contributed by atoms with Crippen LogP contribution < -0.4 is 10.0 Å². The van der Waals surface area contributed by atoms with Crippen molar-refractivity contribution in [1.82, 2.24) is 10.0 Å². The number of sulfonamides is 1. The lowest BCUT2D eigenvalue weighted by Crippen LogP contribution is -2.44. The monoisotopic (exact) mass is 334 g/mol. The molecule has 1 amide bonds. The lowest BCUT2D eigenvalue weighted by atomic mass is 10.2. The zero-order valence-electron chi connectivity index (χ0n) is 12.0. The maximum Gasteiger partial charge on any atom is 0.264 e. The highest BCUT2D eigenvalue weighted by molar-refractivity contribution is 7.90. The lowest BCUT2D eigenvalue weighted by molar-refractivity contribution is -0.121. The third-order valence-electron chi connectivity index (χ3n) is 2.86. The Kier molecular flexibility index (Phi) is 7.56. The molecule has 0 aliphatic heterocycles. The SMILES string of the molecule is CCC(NC)C(=O)NS(=O)(=O)c1cccc(C(C)=O)c1.Cl. The summed E-state index contributed by atoms with van der Waals surface area (Å²) in [5, 5.41) is 2.72. The topological polar surface area (TPSA) is 92.3 Å². The minimum absolute atomic E-state index is 0. The highest BCUT2D eigenvalue weighted by Crippen LogP contribution is 2.12. The molecule has 0 bridgehead atoms. The molecule has 1 aromatic carbocycles. The van der Waals surface area contributed by atoms with Gasteiger partial charge in [-0.05, 0) is 32.5 Å². The summed E-state index contributed by atoms with van der Waals surface area (Å²) in [7, 11) is -2.39. The van der Waals surface area contributed by atoms with Gasteiger partial charge in [0, 0.05) is 5.56 Å². The van der Waals surface area contributed by atoms with Crippen molar-refractivity contribution in [3.63, 3.8) is 0 Å². The number of Topliss-reactive ketones (excluding diaryl/α,β-unsaturated/α-hetero) is 1. The summed E-state index contributed by atoms with van der Waals surface area (Å²) in [6.45, 7) is 3.11. The van der Waals surface area contributed by atoms with Gasteiger partial charge in [-0.1, -0.05) is 19.1 Å². The van der Waals surface area contributed by atoms with Gasteiger partial charge >= 0.3 is 0 Å². The molecule has 1 unspecified atom stereocenters. The smallest absolute Gasteiger partial charge is 0.264 e. The van der Waals surface area contributed by atoms with E-state index in [9.17, 15) is 18.0 Å². The number of nitrogens with one attached hydrogen (secondary N) is 2. The van der Waals surface area contributed by atoms with Gasteiger partial charge in [-0.15, -0.1) is 12.4 Å². The van der Waals surface area contributed by atoms with Crippen LogP contribution in [0.25, 0.3) is 0 Å². The van der Waals surface area contributed by atoms with Crippen molar-refractivity contribution in [3.8, 4) is 0 Å². The molecule has 0 fully saturated rings. The fraction of sp³-hybridized carbons (Fsp3) is 0.385. The van der Waals surface area contributed by atoms with Crippen LogP contribution in [0, 0.1) is 0 Å². The van der Waals surface area contributed by atoms with Gasteiger partial charge in [-0.2, -0.15) is 0 Å². The van der Waals surface area contributed by atoms with E-state index in [1.807, 2.05) is 4.72 Å². The van der Waals surface area contributed by atoms with E-state index in [1.54, 1.807) is 14.0 Å². The molecule has 2 N–H and O–H groups in total. The normalized spacial score (nSPS) is 12.1. The molecule has 0 saturated heterocycles.